The van der Waals surface area contributed by atoms with Gasteiger partial charge in [0.15, 0.2) is 0 Å². The predicted molar refractivity (Wildman–Crippen MR) is 288 cm³/mol. The zero-order valence-corrected chi connectivity index (χ0v) is 49.0. The second kappa shape index (κ2) is 27.8. The second-order valence-corrected chi connectivity index (χ2v) is 21.9. The molecule has 64 heavy (non-hydrogen) atoms. The van der Waals surface area contributed by atoms with Crippen LogP contribution in [0.3, 0.4) is 0 Å². The maximum absolute atomic E-state index is 13.0. The van der Waals surface area contributed by atoms with E-state index in [9.17, 15) is 9.13 Å². The highest BCUT2D eigenvalue weighted by atomic mass is 79.9. The van der Waals surface area contributed by atoms with Gasteiger partial charge < -0.3 is 32.1 Å². The summed E-state index contributed by atoms with van der Waals surface area (Å²) >= 11 is 22.1. The minimum absolute atomic E-state index is 0.194. The van der Waals surface area contributed by atoms with E-state index >= 15 is 0 Å². The van der Waals surface area contributed by atoms with Crippen LogP contribution < -0.4 is 0 Å². The molecule has 6 rings (SSSR count). The molecule has 0 fully saturated rings. The van der Waals surface area contributed by atoms with Crippen LogP contribution in [0.5, 0.6) is 0 Å². The molecule has 0 unspecified atom stereocenters. The molecular weight excluding hydrogens is 1270 g/mol. The van der Waals surface area contributed by atoms with E-state index in [0.717, 1.165) is 55.7 Å². The van der Waals surface area contributed by atoms with Crippen molar-refractivity contribution in [3.63, 3.8) is 0 Å². The number of alkyl halides is 2. The van der Waals surface area contributed by atoms with Crippen LogP contribution in [0.2, 0.25) is 0 Å². The maximum Gasteiger partial charge on any atom is 0.335 e. The van der Waals surface area contributed by atoms with Crippen LogP contribution in [-0.2, 0) is 63.6 Å². The SMILES string of the molecule is BrCc1ccc2c(Br)c3cc(CBr)ccc3c(Br)c2c1.CCOC(OCC)(P=O)c1ccc2c(Br)c3cc(CP(=O)(OCC)OCC)ccc3c(Br)c2c1.CCOP(OCC)OCC. The minimum Gasteiger partial charge on any atom is -0.337 e. The Labute approximate surface area is 430 Å². The molecule has 18 heteroatoms. The lowest BCUT2D eigenvalue weighted by molar-refractivity contribution is -0.176. The van der Waals surface area contributed by atoms with E-state index in [1.807, 2.05) is 71.0 Å². The summed E-state index contributed by atoms with van der Waals surface area (Å²) in [7, 11) is -4.55. The molecule has 0 amide bonds. The number of halogens is 6. The molecule has 0 aliphatic heterocycles. The number of hydrogen-bond acceptors (Lipinski definition) is 9. The number of hydrogen-bond donors (Lipinski definition) is 0. The highest BCUT2D eigenvalue weighted by Gasteiger charge is 2.36. The Morgan fingerprint density at radius 3 is 1.20 bits per heavy atom. The average Bonchev–Trinajstić information content (AvgIpc) is 3.30. The third kappa shape index (κ3) is 14.2. The molecule has 6 aromatic carbocycles. The summed E-state index contributed by atoms with van der Waals surface area (Å²) in [6.07, 6.45) is 0.194. The van der Waals surface area contributed by atoms with Gasteiger partial charge in [0.25, 0.3) is 5.53 Å². The lowest BCUT2D eigenvalue weighted by Crippen LogP contribution is -2.27. The highest BCUT2D eigenvalue weighted by Crippen LogP contribution is 2.52. The minimum atomic E-state index is -3.22. The van der Waals surface area contributed by atoms with Crippen molar-refractivity contribution >= 4 is 163 Å². The molecule has 0 heterocycles. The third-order valence-electron chi connectivity index (χ3n) is 9.37. The van der Waals surface area contributed by atoms with Gasteiger partial charge in [-0.2, -0.15) is 0 Å². The second-order valence-electron chi connectivity index (χ2n) is 13.5. The topological polar surface area (TPSA) is 98.8 Å². The Morgan fingerprint density at radius 1 is 0.500 bits per heavy atom. The van der Waals surface area contributed by atoms with Crippen LogP contribution in [0.25, 0.3) is 43.1 Å². The van der Waals surface area contributed by atoms with Gasteiger partial charge in [-0.25, -0.2) is 0 Å². The zero-order valence-electron chi connectivity index (χ0n) is 36.8. The quantitative estimate of drug-likeness (QED) is 0.0320. The van der Waals surface area contributed by atoms with Gasteiger partial charge in [-0.1, -0.05) is 80.4 Å². The number of rotatable bonds is 20. The first kappa shape index (κ1) is 56.3. The molecule has 9 nitrogen and oxygen atoms in total. The molecule has 348 valence electrons. The van der Waals surface area contributed by atoms with E-state index in [0.29, 0.717) is 51.8 Å². The summed E-state index contributed by atoms with van der Waals surface area (Å²) in [6.45, 7) is 16.3. The van der Waals surface area contributed by atoms with Gasteiger partial charge in [-0.3, -0.25) is 9.13 Å². The van der Waals surface area contributed by atoms with Crippen molar-refractivity contribution in [1.82, 2.24) is 0 Å². The Bertz CT molecular complexity index is 2450. The zero-order chi connectivity index (χ0) is 47.0. The first-order valence-corrected chi connectivity index (χ1v) is 29.8. The van der Waals surface area contributed by atoms with E-state index in [2.05, 4.69) is 132 Å². The lowest BCUT2D eigenvalue weighted by atomic mass is 10.00. The molecule has 0 atom stereocenters. The number of ether oxygens (including phenoxy) is 2. The summed E-state index contributed by atoms with van der Waals surface area (Å²) in [6, 6.07) is 24.8. The summed E-state index contributed by atoms with van der Waals surface area (Å²) in [4.78, 5) is 0. The van der Waals surface area contributed by atoms with Crippen molar-refractivity contribution in [2.24, 2.45) is 0 Å². The van der Waals surface area contributed by atoms with Crippen molar-refractivity contribution in [3.8, 4) is 0 Å². The Kier molecular flexibility index (Phi) is 24.5. The normalized spacial score (nSPS) is 12.0. The van der Waals surface area contributed by atoms with Crippen molar-refractivity contribution in [1.29, 1.82) is 0 Å². The van der Waals surface area contributed by atoms with Crippen LogP contribution in [0, 0.1) is 0 Å². The van der Waals surface area contributed by atoms with Gasteiger partial charge in [0.1, 0.15) is 0 Å². The largest absolute Gasteiger partial charge is 0.337 e. The van der Waals surface area contributed by atoms with Gasteiger partial charge in [0.2, 0.25) is 8.46 Å². The molecule has 0 bridgehead atoms. The van der Waals surface area contributed by atoms with Crippen molar-refractivity contribution in [3.05, 3.63) is 113 Å². The highest BCUT2D eigenvalue weighted by molar-refractivity contribution is 9.11. The van der Waals surface area contributed by atoms with Crippen LogP contribution in [-0.4, -0.2) is 46.2 Å². The van der Waals surface area contributed by atoms with Crippen LogP contribution in [0.4, 0.5) is 0 Å². The van der Waals surface area contributed by atoms with Gasteiger partial charge in [0, 0.05) is 47.3 Å². The van der Waals surface area contributed by atoms with E-state index in [1.54, 1.807) is 13.8 Å². The Hall–Kier alpha value is -0.280. The first-order valence-electron chi connectivity index (χ1n) is 20.7. The summed E-state index contributed by atoms with van der Waals surface area (Å²) in [5, 5.41) is 10.5. The van der Waals surface area contributed by atoms with E-state index in [1.165, 1.54) is 32.7 Å². The molecule has 0 radical (unpaired) electrons. The standard InChI is InChI=1S/C24H28Br2O6P2.C16H10Br4.C6H15O3P/c1-5-29-24(33-27,30-6-2)17-10-12-19-21(14-17)23(26)18-11-9-16(13-20(18)22(19)25)15-34(28,31-7-3)32-8-4;17-7-9-1-3-11-13(5-9)16(20)12-4-2-10(8-18)6-14(12)15(11)19;1-4-7-10(8-5-2)9-6-3/h9-14H,5-8,15H2,1-4H3;1-6H,7-8H2;4-6H2,1-3H3. The third-order valence-corrected chi connectivity index (χ3v) is 18.3. The lowest BCUT2D eigenvalue weighted by Gasteiger charge is -2.27. The fourth-order valence-electron chi connectivity index (χ4n) is 6.73. The molecule has 0 spiro atoms. The van der Waals surface area contributed by atoms with E-state index < -0.39 is 21.7 Å². The average molecular weight is 1320 g/mol. The van der Waals surface area contributed by atoms with Gasteiger partial charge in [-0.15, -0.1) is 0 Å². The molecule has 6 aromatic rings. The van der Waals surface area contributed by atoms with Crippen LogP contribution in [0.1, 0.15) is 70.7 Å². The number of benzene rings is 6. The van der Waals surface area contributed by atoms with E-state index in [-0.39, 0.29) is 14.6 Å². The van der Waals surface area contributed by atoms with E-state index in [4.69, 9.17) is 32.1 Å². The fraction of sp³-hybridized carbons (Fsp3) is 0.391. The van der Waals surface area contributed by atoms with Gasteiger partial charge in [-0.05, 0) is 196 Å². The Morgan fingerprint density at radius 2 is 0.859 bits per heavy atom. The summed E-state index contributed by atoms with van der Waals surface area (Å²) in [5.74, 6) is 0. The van der Waals surface area contributed by atoms with Crippen molar-refractivity contribution < 1.29 is 41.2 Å². The smallest absolute Gasteiger partial charge is 0.335 e. The van der Waals surface area contributed by atoms with Crippen LogP contribution >= 0.6 is 120 Å². The molecule has 0 aliphatic carbocycles. The monoisotopic (exact) mass is 1320 g/mol. The number of fused-ring (bicyclic) bond motifs is 4. The molecule has 0 aliphatic rings. The molecular formula is C46H53Br6O9P3. The summed E-state index contributed by atoms with van der Waals surface area (Å²) < 4.78 is 67.2. The molecule has 0 N–H and O–H groups in total. The molecule has 0 saturated carbocycles. The molecule has 0 aromatic heterocycles. The fourth-order valence-corrected chi connectivity index (χ4v) is 13.3. The Balaban J connectivity index is 0.000000250. The van der Waals surface area contributed by atoms with Crippen molar-refractivity contribution in [2.45, 2.75) is 70.8 Å². The van der Waals surface area contributed by atoms with Crippen LogP contribution in [0.15, 0.2) is 90.7 Å². The first-order chi connectivity index (χ1) is 30.8. The maximum atomic E-state index is 13.0. The summed E-state index contributed by atoms with van der Waals surface area (Å²) in [5.41, 5.74) is 2.72. The van der Waals surface area contributed by atoms with Crippen molar-refractivity contribution in [2.75, 3.05) is 46.2 Å². The van der Waals surface area contributed by atoms with Gasteiger partial charge in [0.05, 0.1) is 39.2 Å². The van der Waals surface area contributed by atoms with Gasteiger partial charge >= 0.3 is 16.2 Å². The predicted octanol–water partition coefficient (Wildman–Crippen LogP) is 18.4. The molecule has 0 saturated heterocycles.